The van der Waals surface area contributed by atoms with E-state index in [4.69, 9.17) is 0 Å². The van der Waals surface area contributed by atoms with Gasteiger partial charge in [-0.25, -0.2) is 9.67 Å². The maximum atomic E-state index is 12.9. The van der Waals surface area contributed by atoms with E-state index in [1.165, 1.54) is 0 Å². The highest BCUT2D eigenvalue weighted by atomic mass is 16.2. The Morgan fingerprint density at radius 1 is 1.11 bits per heavy atom. The van der Waals surface area contributed by atoms with Crippen LogP contribution in [-0.4, -0.2) is 25.7 Å². The smallest absolute Gasteiger partial charge is 0.270 e. The van der Waals surface area contributed by atoms with Gasteiger partial charge in [-0.1, -0.05) is 30.3 Å². The Morgan fingerprint density at radius 2 is 1.89 bits per heavy atom. The number of hydrogen-bond acceptors (Lipinski definition) is 3. The Bertz CT molecular complexity index is 1080. The zero-order chi connectivity index (χ0) is 18.2. The molecule has 0 aliphatic heterocycles. The average Bonchev–Trinajstić information content (AvgIpc) is 3.32. The van der Waals surface area contributed by atoms with Crippen molar-refractivity contribution in [2.24, 2.45) is 0 Å². The van der Waals surface area contributed by atoms with Crippen LogP contribution in [-0.2, 0) is 6.54 Å². The van der Waals surface area contributed by atoms with Gasteiger partial charge in [0.05, 0.1) is 29.0 Å². The number of para-hydroxylation sites is 3. The maximum absolute atomic E-state index is 12.9. The van der Waals surface area contributed by atoms with Crippen LogP contribution < -0.4 is 5.32 Å². The van der Waals surface area contributed by atoms with Gasteiger partial charge in [0.1, 0.15) is 11.5 Å². The second-order valence-corrected chi connectivity index (χ2v) is 6.86. The second-order valence-electron chi connectivity index (χ2n) is 6.86. The number of aromatic nitrogens is 4. The lowest BCUT2D eigenvalue weighted by molar-refractivity contribution is 0.0942. The molecule has 6 nitrogen and oxygen atoms in total. The van der Waals surface area contributed by atoms with E-state index in [0.717, 1.165) is 41.1 Å². The van der Waals surface area contributed by atoms with Crippen LogP contribution in [0.15, 0.2) is 60.7 Å². The molecule has 2 aromatic carbocycles. The Morgan fingerprint density at radius 3 is 2.67 bits per heavy atom. The minimum atomic E-state index is -0.154. The molecule has 0 atom stereocenters. The number of rotatable bonds is 5. The molecule has 0 unspecified atom stereocenters. The van der Waals surface area contributed by atoms with Gasteiger partial charge in [-0.3, -0.25) is 4.79 Å². The van der Waals surface area contributed by atoms with E-state index in [0.29, 0.717) is 18.2 Å². The zero-order valence-corrected chi connectivity index (χ0v) is 14.7. The maximum Gasteiger partial charge on any atom is 0.270 e. The first-order valence-corrected chi connectivity index (χ1v) is 9.15. The Hall–Kier alpha value is -3.41. The van der Waals surface area contributed by atoms with Gasteiger partial charge in [-0.15, -0.1) is 0 Å². The lowest BCUT2D eigenvalue weighted by Crippen LogP contribution is -2.25. The fraction of sp³-hybridized carbons (Fsp3) is 0.190. The predicted octanol–water partition coefficient (Wildman–Crippen LogP) is 3.56. The van der Waals surface area contributed by atoms with E-state index in [2.05, 4.69) is 20.4 Å². The lowest BCUT2D eigenvalue weighted by atomic mass is 10.2. The molecule has 1 aliphatic carbocycles. The summed E-state index contributed by atoms with van der Waals surface area (Å²) in [5.41, 5.74) is 4.30. The van der Waals surface area contributed by atoms with E-state index < -0.39 is 0 Å². The van der Waals surface area contributed by atoms with Gasteiger partial charge >= 0.3 is 0 Å². The number of H-pyrrole nitrogens is 1. The summed E-state index contributed by atoms with van der Waals surface area (Å²) in [7, 11) is 0. The molecule has 0 spiro atoms. The van der Waals surface area contributed by atoms with E-state index in [9.17, 15) is 4.79 Å². The summed E-state index contributed by atoms with van der Waals surface area (Å²) < 4.78 is 1.74. The van der Waals surface area contributed by atoms with Gasteiger partial charge in [0.25, 0.3) is 5.91 Å². The quantitative estimate of drug-likeness (QED) is 0.573. The molecule has 0 radical (unpaired) electrons. The molecule has 1 aliphatic rings. The highest BCUT2D eigenvalue weighted by molar-refractivity contribution is 5.93. The number of amides is 1. The Balaban J connectivity index is 1.40. The number of fused-ring (bicyclic) bond motifs is 1. The summed E-state index contributed by atoms with van der Waals surface area (Å²) in [6.45, 7) is 0.340. The van der Waals surface area contributed by atoms with Gasteiger partial charge in [0, 0.05) is 5.92 Å². The van der Waals surface area contributed by atoms with Crippen molar-refractivity contribution in [3.8, 4) is 5.69 Å². The highest BCUT2D eigenvalue weighted by Gasteiger charge is 2.29. The van der Waals surface area contributed by atoms with E-state index >= 15 is 0 Å². The molecule has 2 heterocycles. The summed E-state index contributed by atoms with van der Waals surface area (Å²) in [4.78, 5) is 20.6. The van der Waals surface area contributed by atoms with Crippen LogP contribution >= 0.6 is 0 Å². The summed E-state index contributed by atoms with van der Waals surface area (Å²) in [5, 5.41) is 7.65. The molecule has 27 heavy (non-hydrogen) atoms. The van der Waals surface area contributed by atoms with Crippen LogP contribution in [0.25, 0.3) is 16.7 Å². The number of carbonyl (C=O) groups excluding carboxylic acids is 1. The number of benzene rings is 2. The number of hydrogen-bond donors (Lipinski definition) is 2. The molecular formula is C21H19N5O. The van der Waals surface area contributed by atoms with Crippen molar-refractivity contribution in [3.63, 3.8) is 0 Å². The van der Waals surface area contributed by atoms with Gasteiger partial charge in [0.15, 0.2) is 0 Å². The van der Waals surface area contributed by atoms with Crippen molar-refractivity contribution in [2.45, 2.75) is 25.3 Å². The highest BCUT2D eigenvalue weighted by Crippen LogP contribution is 2.39. The topological polar surface area (TPSA) is 75.6 Å². The predicted molar refractivity (Wildman–Crippen MR) is 103 cm³/mol. The fourth-order valence-electron chi connectivity index (χ4n) is 3.25. The number of imidazole rings is 1. The average molecular weight is 357 g/mol. The van der Waals surface area contributed by atoms with Gasteiger partial charge < -0.3 is 10.3 Å². The minimum Gasteiger partial charge on any atom is -0.343 e. The van der Waals surface area contributed by atoms with Crippen LogP contribution in [0, 0.1) is 0 Å². The number of carbonyl (C=O) groups is 1. The molecule has 6 heteroatoms. The van der Waals surface area contributed by atoms with Crippen molar-refractivity contribution in [2.75, 3.05) is 0 Å². The van der Waals surface area contributed by atoms with Gasteiger partial charge in [-0.05, 0) is 43.2 Å². The summed E-state index contributed by atoms with van der Waals surface area (Å²) in [5.74, 6) is 1.06. The van der Waals surface area contributed by atoms with Crippen LogP contribution in [0.4, 0.5) is 0 Å². The lowest BCUT2D eigenvalue weighted by Gasteiger charge is -2.07. The van der Waals surface area contributed by atoms with Crippen molar-refractivity contribution in [3.05, 3.63) is 77.9 Å². The van der Waals surface area contributed by atoms with Gasteiger partial charge in [0.2, 0.25) is 0 Å². The second kappa shape index (κ2) is 6.39. The monoisotopic (exact) mass is 357 g/mol. The zero-order valence-electron chi connectivity index (χ0n) is 14.7. The molecule has 4 aromatic rings. The molecule has 2 N–H and O–H groups in total. The number of nitrogens with zero attached hydrogens (tertiary/aromatic N) is 3. The van der Waals surface area contributed by atoms with Crippen molar-refractivity contribution >= 4 is 16.9 Å². The third-order valence-corrected chi connectivity index (χ3v) is 4.81. The largest absolute Gasteiger partial charge is 0.343 e. The van der Waals surface area contributed by atoms with Gasteiger partial charge in [-0.2, -0.15) is 5.10 Å². The fourth-order valence-corrected chi connectivity index (χ4v) is 3.25. The van der Waals surface area contributed by atoms with Crippen LogP contribution in [0.1, 0.15) is 40.8 Å². The number of aromatic amines is 1. The van der Waals surface area contributed by atoms with E-state index in [1.54, 1.807) is 4.68 Å². The van der Waals surface area contributed by atoms with E-state index in [1.807, 2.05) is 60.7 Å². The third-order valence-electron chi connectivity index (χ3n) is 4.81. The minimum absolute atomic E-state index is 0.154. The first kappa shape index (κ1) is 15.8. The van der Waals surface area contributed by atoms with Crippen LogP contribution in [0.3, 0.4) is 0 Å². The van der Waals surface area contributed by atoms with Crippen LogP contribution in [0.5, 0.6) is 0 Å². The summed E-state index contributed by atoms with van der Waals surface area (Å²) in [6, 6.07) is 19.5. The molecule has 1 amide bonds. The molecule has 1 saturated carbocycles. The molecular weight excluding hydrogens is 338 g/mol. The number of nitrogens with one attached hydrogen (secondary N) is 2. The van der Waals surface area contributed by atoms with Crippen LogP contribution in [0.2, 0.25) is 0 Å². The molecule has 1 fully saturated rings. The molecule has 2 aromatic heterocycles. The first-order valence-electron chi connectivity index (χ1n) is 9.15. The molecule has 0 bridgehead atoms. The standard InChI is InChI=1S/C21H19N5O/c27-21(22-13-20-23-16-8-4-5-9-17(16)24-20)19-12-18(14-10-11-14)25-26(19)15-6-2-1-3-7-15/h1-9,12,14H,10-11,13H2,(H,22,27)(H,23,24). The molecule has 134 valence electrons. The first-order chi connectivity index (χ1) is 13.3. The Kier molecular flexibility index (Phi) is 3.74. The summed E-state index contributed by atoms with van der Waals surface area (Å²) in [6.07, 6.45) is 2.29. The SMILES string of the molecule is O=C(NCc1nc2ccccc2[nH]1)c1cc(C2CC2)nn1-c1ccccc1. The third kappa shape index (κ3) is 3.10. The molecule has 5 rings (SSSR count). The molecule has 0 saturated heterocycles. The van der Waals surface area contributed by atoms with E-state index in [-0.39, 0.29) is 5.91 Å². The Labute approximate surface area is 156 Å². The van der Waals surface area contributed by atoms with Crippen molar-refractivity contribution in [1.29, 1.82) is 0 Å². The van der Waals surface area contributed by atoms with Crippen molar-refractivity contribution < 1.29 is 4.79 Å². The normalized spacial score (nSPS) is 13.8. The summed E-state index contributed by atoms with van der Waals surface area (Å²) >= 11 is 0. The van der Waals surface area contributed by atoms with Crippen molar-refractivity contribution in [1.82, 2.24) is 25.1 Å².